The molecule has 0 spiro atoms. The number of para-hydroxylation sites is 1. The van der Waals surface area contributed by atoms with Crippen LogP contribution in [0, 0.1) is 0 Å². The van der Waals surface area contributed by atoms with Crippen molar-refractivity contribution in [2.24, 2.45) is 0 Å². The SMILES string of the molecule is CC[C@@H](C)c1ccccc1NC(=O)CSc1nnc(-c2ccco2)o1. The number of hydrogen-bond acceptors (Lipinski definition) is 6. The van der Waals surface area contributed by atoms with Crippen molar-refractivity contribution < 1.29 is 13.6 Å². The van der Waals surface area contributed by atoms with Gasteiger partial charge in [0, 0.05) is 5.69 Å². The Balaban J connectivity index is 1.59. The average Bonchev–Trinajstić information content (AvgIpc) is 3.31. The Labute approximate surface area is 150 Å². The summed E-state index contributed by atoms with van der Waals surface area (Å²) in [5.41, 5.74) is 1.99. The van der Waals surface area contributed by atoms with Gasteiger partial charge in [0.15, 0.2) is 5.76 Å². The van der Waals surface area contributed by atoms with Crippen LogP contribution in [0.25, 0.3) is 11.7 Å². The second-order valence-electron chi connectivity index (χ2n) is 5.58. The van der Waals surface area contributed by atoms with E-state index in [4.69, 9.17) is 8.83 Å². The van der Waals surface area contributed by atoms with E-state index >= 15 is 0 Å². The van der Waals surface area contributed by atoms with Crippen LogP contribution in [0.2, 0.25) is 0 Å². The highest BCUT2D eigenvalue weighted by Gasteiger charge is 2.14. The van der Waals surface area contributed by atoms with Crippen LogP contribution in [-0.4, -0.2) is 21.9 Å². The fourth-order valence-corrected chi connectivity index (χ4v) is 2.91. The van der Waals surface area contributed by atoms with Gasteiger partial charge in [-0.05, 0) is 36.1 Å². The van der Waals surface area contributed by atoms with E-state index in [9.17, 15) is 4.79 Å². The summed E-state index contributed by atoms with van der Waals surface area (Å²) in [5, 5.41) is 11.1. The minimum atomic E-state index is -0.112. The summed E-state index contributed by atoms with van der Waals surface area (Å²) in [6.45, 7) is 4.28. The molecule has 25 heavy (non-hydrogen) atoms. The Kier molecular flexibility index (Phi) is 5.55. The van der Waals surface area contributed by atoms with Gasteiger partial charge in [-0.3, -0.25) is 4.79 Å². The molecule has 6 nitrogen and oxygen atoms in total. The molecule has 0 saturated heterocycles. The first-order valence-corrected chi connectivity index (χ1v) is 9.05. The lowest BCUT2D eigenvalue weighted by atomic mass is 9.97. The lowest BCUT2D eigenvalue weighted by molar-refractivity contribution is -0.113. The molecule has 0 aliphatic rings. The normalized spacial score (nSPS) is 12.1. The lowest BCUT2D eigenvalue weighted by Gasteiger charge is -2.15. The molecule has 0 radical (unpaired) electrons. The van der Waals surface area contributed by atoms with Crippen LogP contribution in [0.3, 0.4) is 0 Å². The van der Waals surface area contributed by atoms with Gasteiger partial charge in [-0.1, -0.05) is 43.8 Å². The van der Waals surface area contributed by atoms with Crippen LogP contribution >= 0.6 is 11.8 Å². The van der Waals surface area contributed by atoms with E-state index in [-0.39, 0.29) is 11.7 Å². The van der Waals surface area contributed by atoms with Crippen molar-refractivity contribution in [1.29, 1.82) is 0 Å². The number of nitrogens with zero attached hydrogens (tertiary/aromatic N) is 2. The van der Waals surface area contributed by atoms with E-state index in [0.717, 1.165) is 17.7 Å². The molecular formula is C18H19N3O3S. The topological polar surface area (TPSA) is 81.2 Å². The molecule has 7 heteroatoms. The molecule has 130 valence electrons. The minimum absolute atomic E-state index is 0.112. The van der Waals surface area contributed by atoms with Crippen LogP contribution in [0.15, 0.2) is 56.7 Å². The third kappa shape index (κ3) is 4.30. The van der Waals surface area contributed by atoms with E-state index in [1.54, 1.807) is 12.1 Å². The van der Waals surface area contributed by atoms with Gasteiger partial charge in [-0.15, -0.1) is 10.2 Å². The number of aromatic nitrogens is 2. The van der Waals surface area contributed by atoms with Crippen molar-refractivity contribution in [3.8, 4) is 11.7 Å². The first-order valence-electron chi connectivity index (χ1n) is 8.06. The molecule has 2 heterocycles. The van der Waals surface area contributed by atoms with Crippen LogP contribution in [0.5, 0.6) is 0 Å². The number of nitrogens with one attached hydrogen (secondary N) is 1. The minimum Gasteiger partial charge on any atom is -0.459 e. The number of furan rings is 1. The number of carbonyl (C=O) groups is 1. The van der Waals surface area contributed by atoms with E-state index < -0.39 is 0 Å². The van der Waals surface area contributed by atoms with Gasteiger partial charge in [0.05, 0.1) is 12.0 Å². The van der Waals surface area contributed by atoms with Crippen LogP contribution in [0.4, 0.5) is 5.69 Å². The smallest absolute Gasteiger partial charge is 0.284 e. The maximum absolute atomic E-state index is 12.2. The standard InChI is InChI=1S/C18H19N3O3S/c1-3-12(2)13-7-4-5-8-14(13)19-16(22)11-25-18-21-20-17(24-18)15-9-6-10-23-15/h4-10,12H,3,11H2,1-2H3,(H,19,22)/t12-/m1/s1. The van der Waals surface area contributed by atoms with Crippen LogP contribution in [-0.2, 0) is 4.79 Å². The van der Waals surface area contributed by atoms with E-state index in [1.807, 2.05) is 24.3 Å². The van der Waals surface area contributed by atoms with Gasteiger partial charge in [-0.25, -0.2) is 0 Å². The molecule has 0 aliphatic heterocycles. The molecule has 1 N–H and O–H groups in total. The molecule has 3 rings (SSSR count). The number of rotatable bonds is 7. The first-order chi connectivity index (χ1) is 12.2. The molecule has 1 aromatic carbocycles. The Hall–Kier alpha value is -2.54. The summed E-state index contributed by atoms with van der Waals surface area (Å²) in [6, 6.07) is 11.4. The zero-order valence-corrected chi connectivity index (χ0v) is 14.9. The van der Waals surface area contributed by atoms with Crippen molar-refractivity contribution in [3.63, 3.8) is 0 Å². The quantitative estimate of drug-likeness (QED) is 0.624. The Bertz CT molecular complexity index is 830. The monoisotopic (exact) mass is 357 g/mol. The Morgan fingerprint density at radius 3 is 2.84 bits per heavy atom. The van der Waals surface area contributed by atoms with Crippen molar-refractivity contribution >= 4 is 23.4 Å². The lowest BCUT2D eigenvalue weighted by Crippen LogP contribution is -2.15. The summed E-state index contributed by atoms with van der Waals surface area (Å²) in [4.78, 5) is 12.2. The summed E-state index contributed by atoms with van der Waals surface area (Å²) in [5.74, 6) is 1.27. The predicted molar refractivity (Wildman–Crippen MR) is 96.5 cm³/mol. The number of hydrogen-bond donors (Lipinski definition) is 1. The maximum Gasteiger partial charge on any atom is 0.284 e. The van der Waals surface area contributed by atoms with Gasteiger partial charge >= 0.3 is 0 Å². The van der Waals surface area contributed by atoms with Gasteiger partial charge in [0.2, 0.25) is 5.91 Å². The highest BCUT2D eigenvalue weighted by Crippen LogP contribution is 2.27. The second-order valence-corrected chi connectivity index (χ2v) is 6.51. The molecule has 0 bridgehead atoms. The zero-order chi connectivity index (χ0) is 17.6. The molecular weight excluding hydrogens is 338 g/mol. The highest BCUT2D eigenvalue weighted by atomic mass is 32.2. The number of benzene rings is 1. The third-order valence-corrected chi connectivity index (χ3v) is 4.66. The number of carbonyl (C=O) groups excluding carboxylic acids is 1. The molecule has 3 aromatic rings. The summed E-state index contributed by atoms with van der Waals surface area (Å²) in [6.07, 6.45) is 2.55. The Morgan fingerprint density at radius 2 is 2.08 bits per heavy atom. The van der Waals surface area contributed by atoms with Crippen molar-refractivity contribution in [3.05, 3.63) is 48.2 Å². The van der Waals surface area contributed by atoms with Gasteiger partial charge in [-0.2, -0.15) is 0 Å². The highest BCUT2D eigenvalue weighted by molar-refractivity contribution is 7.99. The number of amides is 1. The summed E-state index contributed by atoms with van der Waals surface area (Å²) in [7, 11) is 0. The largest absolute Gasteiger partial charge is 0.459 e. The molecule has 0 saturated carbocycles. The summed E-state index contributed by atoms with van der Waals surface area (Å²) < 4.78 is 10.7. The Morgan fingerprint density at radius 1 is 1.24 bits per heavy atom. The van der Waals surface area contributed by atoms with E-state index in [2.05, 4.69) is 29.4 Å². The van der Waals surface area contributed by atoms with Crippen molar-refractivity contribution in [2.45, 2.75) is 31.4 Å². The maximum atomic E-state index is 12.2. The van der Waals surface area contributed by atoms with E-state index in [1.165, 1.54) is 18.0 Å². The molecule has 0 unspecified atom stereocenters. The predicted octanol–water partition coefficient (Wildman–Crippen LogP) is 4.57. The molecule has 1 atom stereocenters. The molecule has 2 aromatic heterocycles. The fraction of sp³-hybridized carbons (Fsp3) is 0.278. The van der Waals surface area contributed by atoms with E-state index in [0.29, 0.717) is 22.8 Å². The first kappa shape index (κ1) is 17.3. The van der Waals surface area contributed by atoms with Crippen LogP contribution in [0.1, 0.15) is 31.7 Å². The van der Waals surface area contributed by atoms with Gasteiger partial charge < -0.3 is 14.2 Å². The number of thioether (sulfide) groups is 1. The average molecular weight is 357 g/mol. The third-order valence-electron chi connectivity index (χ3n) is 3.84. The zero-order valence-electron chi connectivity index (χ0n) is 14.1. The van der Waals surface area contributed by atoms with Crippen molar-refractivity contribution in [2.75, 3.05) is 11.1 Å². The van der Waals surface area contributed by atoms with Gasteiger partial charge in [0.1, 0.15) is 0 Å². The van der Waals surface area contributed by atoms with Crippen molar-refractivity contribution in [1.82, 2.24) is 10.2 Å². The van der Waals surface area contributed by atoms with Crippen LogP contribution < -0.4 is 5.32 Å². The molecule has 0 aliphatic carbocycles. The molecule has 1 amide bonds. The second kappa shape index (κ2) is 8.02. The number of anilines is 1. The fourth-order valence-electron chi connectivity index (χ4n) is 2.34. The van der Waals surface area contributed by atoms with Gasteiger partial charge in [0.25, 0.3) is 11.1 Å². The molecule has 0 fully saturated rings. The summed E-state index contributed by atoms with van der Waals surface area (Å²) >= 11 is 1.19.